The number of amides is 1. The van der Waals surface area contributed by atoms with Gasteiger partial charge >= 0.3 is 12.3 Å². The van der Waals surface area contributed by atoms with Crippen LogP contribution in [0.15, 0.2) is 0 Å². The van der Waals surface area contributed by atoms with Crippen molar-refractivity contribution in [3.8, 4) is 0 Å². The number of hydrogen-bond acceptors (Lipinski definition) is 2. The Bertz CT molecular complexity index is 256. The molecule has 0 saturated heterocycles. The van der Waals surface area contributed by atoms with Gasteiger partial charge in [0.15, 0.2) is 0 Å². The van der Waals surface area contributed by atoms with Gasteiger partial charge in [-0.25, -0.2) is 4.79 Å². The van der Waals surface area contributed by atoms with Crippen molar-refractivity contribution in [2.45, 2.75) is 46.4 Å². The van der Waals surface area contributed by atoms with Crippen LogP contribution in [0.3, 0.4) is 0 Å². The molecule has 0 heterocycles. The summed E-state index contributed by atoms with van der Waals surface area (Å²) in [6, 6.07) is 0. The Morgan fingerprint density at radius 3 is 2.00 bits per heavy atom. The van der Waals surface area contributed by atoms with E-state index in [0.717, 1.165) is 0 Å². The van der Waals surface area contributed by atoms with Crippen molar-refractivity contribution in [2.75, 3.05) is 13.1 Å². The van der Waals surface area contributed by atoms with Crippen LogP contribution < -0.4 is 0 Å². The molecule has 17 heavy (non-hydrogen) atoms. The number of carbonyl (C=O) groups is 1. The summed E-state index contributed by atoms with van der Waals surface area (Å²) in [7, 11) is 0. The molecule has 0 spiro atoms. The van der Waals surface area contributed by atoms with Gasteiger partial charge in [-0.3, -0.25) is 4.90 Å². The van der Waals surface area contributed by atoms with Crippen LogP contribution in [0.1, 0.15) is 34.6 Å². The number of carbonyl (C=O) groups excluding carboxylic acids is 1. The van der Waals surface area contributed by atoms with Crippen LogP contribution in [0.4, 0.5) is 18.0 Å². The Balaban J connectivity index is 4.63. The summed E-state index contributed by atoms with van der Waals surface area (Å²) in [6.07, 6.45) is -5.34. The molecule has 1 amide bonds. The first-order valence-corrected chi connectivity index (χ1v) is 5.45. The molecule has 3 nitrogen and oxygen atoms in total. The second-order valence-corrected chi connectivity index (χ2v) is 5.37. The van der Waals surface area contributed by atoms with Crippen molar-refractivity contribution >= 4 is 6.09 Å². The number of nitrogens with zero attached hydrogens (tertiary/aromatic N) is 1. The molecule has 0 atom stereocenters. The Kier molecular flexibility index (Phi) is 5.29. The van der Waals surface area contributed by atoms with Gasteiger partial charge in [0.2, 0.25) is 0 Å². The minimum absolute atomic E-state index is 0.0222. The third-order valence-electron chi connectivity index (χ3n) is 1.61. The molecule has 0 radical (unpaired) electrons. The van der Waals surface area contributed by atoms with E-state index in [2.05, 4.69) is 0 Å². The summed E-state index contributed by atoms with van der Waals surface area (Å²) in [6.45, 7) is 7.08. The van der Waals surface area contributed by atoms with Gasteiger partial charge in [0, 0.05) is 6.54 Å². The third-order valence-corrected chi connectivity index (χ3v) is 1.61. The summed E-state index contributed by atoms with van der Waals surface area (Å²) >= 11 is 0. The summed E-state index contributed by atoms with van der Waals surface area (Å²) in [5, 5.41) is 0. The average molecular weight is 255 g/mol. The normalized spacial score (nSPS) is 12.8. The fourth-order valence-corrected chi connectivity index (χ4v) is 1.19. The first-order chi connectivity index (χ1) is 7.41. The van der Waals surface area contributed by atoms with Gasteiger partial charge in [0.1, 0.15) is 12.1 Å². The fourth-order valence-electron chi connectivity index (χ4n) is 1.19. The van der Waals surface area contributed by atoms with Crippen LogP contribution >= 0.6 is 0 Å². The molecule has 0 aromatic heterocycles. The van der Waals surface area contributed by atoms with Crippen molar-refractivity contribution in [1.82, 2.24) is 4.90 Å². The summed E-state index contributed by atoms with van der Waals surface area (Å²) in [5.41, 5.74) is -0.794. The minimum atomic E-state index is -4.41. The van der Waals surface area contributed by atoms with Crippen LogP contribution in [0.25, 0.3) is 0 Å². The van der Waals surface area contributed by atoms with Gasteiger partial charge in [-0.2, -0.15) is 13.2 Å². The van der Waals surface area contributed by atoms with E-state index in [1.165, 1.54) is 0 Å². The second kappa shape index (κ2) is 5.60. The van der Waals surface area contributed by atoms with Crippen LogP contribution in [0, 0.1) is 5.92 Å². The Labute approximate surface area is 99.9 Å². The molecule has 0 bridgehead atoms. The average Bonchev–Trinajstić information content (AvgIpc) is 1.95. The summed E-state index contributed by atoms with van der Waals surface area (Å²) in [4.78, 5) is 12.3. The molecule has 102 valence electrons. The molecule has 0 N–H and O–H groups in total. The van der Waals surface area contributed by atoms with E-state index < -0.39 is 24.4 Å². The van der Waals surface area contributed by atoms with Crippen molar-refractivity contribution in [3.63, 3.8) is 0 Å². The second-order valence-electron chi connectivity index (χ2n) is 5.37. The number of rotatable bonds is 3. The first kappa shape index (κ1) is 16.1. The molecule has 0 unspecified atom stereocenters. The fraction of sp³-hybridized carbons (Fsp3) is 0.909. The molecule has 6 heteroatoms. The van der Waals surface area contributed by atoms with Crippen molar-refractivity contribution in [1.29, 1.82) is 0 Å². The molecule has 0 aliphatic heterocycles. The zero-order valence-electron chi connectivity index (χ0n) is 10.9. The quantitative estimate of drug-likeness (QED) is 0.773. The molecular formula is C11H20F3NO2. The first-order valence-electron chi connectivity index (χ1n) is 5.45. The maximum atomic E-state index is 12.3. The van der Waals surface area contributed by atoms with Gasteiger partial charge in [-0.1, -0.05) is 13.8 Å². The third kappa shape index (κ3) is 8.83. The Morgan fingerprint density at radius 1 is 1.24 bits per heavy atom. The number of hydrogen-bond donors (Lipinski definition) is 0. The number of ether oxygens (including phenoxy) is 1. The molecule has 0 aromatic rings. The maximum Gasteiger partial charge on any atom is 0.410 e. The number of alkyl halides is 3. The summed E-state index contributed by atoms with van der Waals surface area (Å²) in [5.74, 6) is -0.0510. The zero-order valence-corrected chi connectivity index (χ0v) is 10.9. The molecule has 0 saturated carbocycles. The number of halogens is 3. The lowest BCUT2D eigenvalue weighted by Gasteiger charge is -2.29. The van der Waals surface area contributed by atoms with Crippen LogP contribution in [0.2, 0.25) is 0 Å². The monoisotopic (exact) mass is 255 g/mol. The van der Waals surface area contributed by atoms with E-state index in [1.54, 1.807) is 34.6 Å². The maximum absolute atomic E-state index is 12.3. The van der Waals surface area contributed by atoms with Gasteiger partial charge in [-0.05, 0) is 26.7 Å². The van der Waals surface area contributed by atoms with E-state index in [4.69, 9.17) is 4.74 Å². The van der Waals surface area contributed by atoms with E-state index in [1.807, 2.05) is 0 Å². The molecule has 0 aliphatic rings. The predicted octanol–water partition coefficient (Wildman–Crippen LogP) is 3.44. The van der Waals surface area contributed by atoms with Gasteiger partial charge in [0.05, 0.1) is 0 Å². The van der Waals surface area contributed by atoms with Gasteiger partial charge in [0.25, 0.3) is 0 Å². The van der Waals surface area contributed by atoms with E-state index in [9.17, 15) is 18.0 Å². The minimum Gasteiger partial charge on any atom is -0.444 e. The standard InChI is InChI=1S/C11H20F3NO2/c1-8(2)6-15(7-11(12,13)14)9(16)17-10(3,4)5/h8H,6-7H2,1-5H3. The largest absolute Gasteiger partial charge is 0.444 e. The molecule has 0 rings (SSSR count). The topological polar surface area (TPSA) is 29.5 Å². The Hall–Kier alpha value is -0.940. The molecular weight excluding hydrogens is 235 g/mol. The molecule has 0 fully saturated rings. The molecule has 0 aliphatic carbocycles. The summed E-state index contributed by atoms with van der Waals surface area (Å²) < 4.78 is 41.8. The lowest BCUT2D eigenvalue weighted by atomic mass is 10.2. The van der Waals surface area contributed by atoms with E-state index >= 15 is 0 Å². The molecule has 0 aromatic carbocycles. The van der Waals surface area contributed by atoms with Crippen molar-refractivity contribution < 1.29 is 22.7 Å². The van der Waals surface area contributed by atoms with E-state index in [-0.39, 0.29) is 12.5 Å². The van der Waals surface area contributed by atoms with Gasteiger partial charge < -0.3 is 4.74 Å². The van der Waals surface area contributed by atoms with Crippen LogP contribution in [-0.2, 0) is 4.74 Å². The highest BCUT2D eigenvalue weighted by Crippen LogP contribution is 2.19. The van der Waals surface area contributed by atoms with Gasteiger partial charge in [-0.15, -0.1) is 0 Å². The Morgan fingerprint density at radius 2 is 1.71 bits per heavy atom. The van der Waals surface area contributed by atoms with Crippen molar-refractivity contribution in [2.24, 2.45) is 5.92 Å². The van der Waals surface area contributed by atoms with Crippen LogP contribution in [0.5, 0.6) is 0 Å². The lowest BCUT2D eigenvalue weighted by molar-refractivity contribution is -0.145. The zero-order chi connectivity index (χ0) is 13.9. The highest BCUT2D eigenvalue weighted by atomic mass is 19.4. The van der Waals surface area contributed by atoms with Crippen LogP contribution in [-0.4, -0.2) is 35.9 Å². The van der Waals surface area contributed by atoms with Crippen molar-refractivity contribution in [3.05, 3.63) is 0 Å². The SMILES string of the molecule is CC(C)CN(CC(F)(F)F)C(=O)OC(C)(C)C. The predicted molar refractivity (Wildman–Crippen MR) is 58.7 cm³/mol. The highest BCUT2D eigenvalue weighted by molar-refractivity contribution is 5.68. The smallest absolute Gasteiger partial charge is 0.410 e. The lowest BCUT2D eigenvalue weighted by Crippen LogP contribution is -2.43. The highest BCUT2D eigenvalue weighted by Gasteiger charge is 2.35. The van der Waals surface area contributed by atoms with E-state index in [0.29, 0.717) is 4.90 Å².